The van der Waals surface area contributed by atoms with Crippen LogP contribution in [-0.2, 0) is 7.05 Å². The number of hydrogen-bond donors (Lipinski definition) is 1. The van der Waals surface area contributed by atoms with Gasteiger partial charge in [0.15, 0.2) is 11.4 Å². The van der Waals surface area contributed by atoms with Crippen molar-refractivity contribution in [2.75, 3.05) is 5.32 Å². The van der Waals surface area contributed by atoms with Crippen LogP contribution in [0.3, 0.4) is 0 Å². The van der Waals surface area contributed by atoms with Crippen LogP contribution in [0.25, 0.3) is 32.2 Å². The minimum Gasteiger partial charge on any atom is -0.460 e. The molecule has 5 aromatic rings. The Hall–Kier alpha value is -3.19. The van der Waals surface area contributed by atoms with Gasteiger partial charge in [-0.15, -0.1) is 11.3 Å². The standard InChI is InChI=1S/C18H13N5OS/c1-23-9-12(6-21-23)13-7-19-8-15-16(13)14(10-25-15)22-18-17-11(2-4-20-18)3-5-24-17/h2-10H,1H3,(H,20,22). The monoisotopic (exact) mass is 347 g/mol. The zero-order chi connectivity index (χ0) is 16.8. The van der Waals surface area contributed by atoms with E-state index in [4.69, 9.17) is 4.42 Å². The van der Waals surface area contributed by atoms with Gasteiger partial charge in [-0.3, -0.25) is 9.67 Å². The molecule has 0 amide bonds. The highest BCUT2D eigenvalue weighted by molar-refractivity contribution is 7.17. The molecule has 0 aromatic carbocycles. The predicted molar refractivity (Wildman–Crippen MR) is 99.1 cm³/mol. The summed E-state index contributed by atoms with van der Waals surface area (Å²) in [5, 5.41) is 11.9. The van der Waals surface area contributed by atoms with Crippen molar-refractivity contribution in [2.24, 2.45) is 7.05 Å². The van der Waals surface area contributed by atoms with E-state index in [0.29, 0.717) is 5.82 Å². The minimum atomic E-state index is 0.705. The first-order valence-electron chi connectivity index (χ1n) is 7.73. The molecule has 0 aliphatic carbocycles. The molecule has 0 fully saturated rings. The topological polar surface area (TPSA) is 68.8 Å². The summed E-state index contributed by atoms with van der Waals surface area (Å²) in [4.78, 5) is 8.81. The molecule has 0 bridgehead atoms. The number of nitrogens with zero attached hydrogens (tertiary/aromatic N) is 4. The van der Waals surface area contributed by atoms with Crippen LogP contribution in [-0.4, -0.2) is 19.7 Å². The number of thiophene rings is 1. The molecular weight excluding hydrogens is 334 g/mol. The maximum atomic E-state index is 5.58. The largest absolute Gasteiger partial charge is 0.460 e. The van der Waals surface area contributed by atoms with E-state index in [2.05, 4.69) is 25.8 Å². The van der Waals surface area contributed by atoms with E-state index in [1.54, 1.807) is 28.5 Å². The van der Waals surface area contributed by atoms with Gasteiger partial charge in [-0.2, -0.15) is 5.10 Å². The molecule has 5 rings (SSSR count). The summed E-state index contributed by atoms with van der Waals surface area (Å²) in [5.41, 5.74) is 3.81. The summed E-state index contributed by atoms with van der Waals surface area (Å²) in [7, 11) is 1.91. The lowest BCUT2D eigenvalue weighted by Crippen LogP contribution is -1.93. The molecule has 5 heterocycles. The number of pyridine rings is 2. The highest BCUT2D eigenvalue weighted by atomic mass is 32.1. The number of aromatic nitrogens is 4. The summed E-state index contributed by atoms with van der Waals surface area (Å²) < 4.78 is 8.48. The number of furan rings is 1. The number of rotatable bonds is 3. The average molecular weight is 347 g/mol. The molecule has 6 nitrogen and oxygen atoms in total. The number of hydrogen-bond acceptors (Lipinski definition) is 6. The Balaban J connectivity index is 1.68. The van der Waals surface area contributed by atoms with Crippen LogP contribution in [0, 0.1) is 0 Å². The second-order valence-electron chi connectivity index (χ2n) is 5.74. The quantitative estimate of drug-likeness (QED) is 0.517. The predicted octanol–water partition coefficient (Wildman–Crippen LogP) is 4.58. The Morgan fingerprint density at radius 3 is 3.04 bits per heavy atom. The highest BCUT2D eigenvalue weighted by Gasteiger charge is 2.14. The molecule has 0 saturated carbocycles. The molecule has 1 N–H and O–H groups in total. The second-order valence-corrected chi connectivity index (χ2v) is 6.65. The summed E-state index contributed by atoms with van der Waals surface area (Å²) in [5.74, 6) is 0.705. The van der Waals surface area contributed by atoms with Gasteiger partial charge in [0.2, 0.25) is 0 Å². The van der Waals surface area contributed by atoms with Crippen molar-refractivity contribution in [1.82, 2.24) is 19.7 Å². The normalized spacial score (nSPS) is 11.4. The zero-order valence-corrected chi connectivity index (χ0v) is 14.1. The molecule has 25 heavy (non-hydrogen) atoms. The third kappa shape index (κ3) is 2.28. The van der Waals surface area contributed by atoms with Crippen molar-refractivity contribution in [1.29, 1.82) is 0 Å². The Labute approximate surface area is 146 Å². The van der Waals surface area contributed by atoms with Gasteiger partial charge in [-0.1, -0.05) is 0 Å². The van der Waals surface area contributed by atoms with Crippen molar-refractivity contribution in [3.8, 4) is 11.1 Å². The summed E-state index contributed by atoms with van der Waals surface area (Å²) >= 11 is 1.65. The van der Waals surface area contributed by atoms with E-state index in [1.165, 1.54) is 0 Å². The van der Waals surface area contributed by atoms with Crippen molar-refractivity contribution in [2.45, 2.75) is 0 Å². The molecule has 122 valence electrons. The zero-order valence-electron chi connectivity index (χ0n) is 13.3. The SMILES string of the molecule is Cn1cc(-c2cncc3scc(Nc4nccc5ccoc45)c23)cn1. The third-order valence-corrected chi connectivity index (χ3v) is 5.04. The first-order chi connectivity index (χ1) is 12.3. The number of fused-ring (bicyclic) bond motifs is 2. The van der Waals surface area contributed by atoms with E-state index < -0.39 is 0 Å². The lowest BCUT2D eigenvalue weighted by Gasteiger charge is -2.07. The molecule has 0 saturated heterocycles. The van der Waals surface area contributed by atoms with Crippen LogP contribution in [0.2, 0.25) is 0 Å². The first kappa shape index (κ1) is 14.2. The van der Waals surface area contributed by atoms with Crippen LogP contribution < -0.4 is 5.32 Å². The molecule has 5 aromatic heterocycles. The fourth-order valence-corrected chi connectivity index (χ4v) is 3.85. The van der Waals surface area contributed by atoms with Gasteiger partial charge < -0.3 is 9.73 Å². The van der Waals surface area contributed by atoms with E-state index in [1.807, 2.05) is 44.0 Å². The van der Waals surface area contributed by atoms with Gasteiger partial charge in [0, 0.05) is 59.1 Å². The molecule has 0 atom stereocenters. The van der Waals surface area contributed by atoms with Crippen molar-refractivity contribution in [3.05, 3.63) is 54.8 Å². The molecule has 0 unspecified atom stereocenters. The molecular formula is C18H13N5OS. The van der Waals surface area contributed by atoms with Gasteiger partial charge in [0.1, 0.15) is 0 Å². The van der Waals surface area contributed by atoms with E-state index in [0.717, 1.165) is 37.9 Å². The molecule has 0 aliphatic rings. The molecule has 7 heteroatoms. The Kier molecular flexibility index (Phi) is 3.07. The minimum absolute atomic E-state index is 0.705. The van der Waals surface area contributed by atoms with Gasteiger partial charge in [-0.25, -0.2) is 4.98 Å². The van der Waals surface area contributed by atoms with Crippen molar-refractivity contribution < 1.29 is 4.42 Å². The van der Waals surface area contributed by atoms with Crippen LogP contribution in [0.5, 0.6) is 0 Å². The van der Waals surface area contributed by atoms with E-state index in [9.17, 15) is 0 Å². The number of aryl methyl sites for hydroxylation is 1. The summed E-state index contributed by atoms with van der Waals surface area (Å²) in [6.07, 6.45) is 11.0. The van der Waals surface area contributed by atoms with Crippen molar-refractivity contribution in [3.63, 3.8) is 0 Å². The number of nitrogens with one attached hydrogen (secondary N) is 1. The third-order valence-electron chi connectivity index (χ3n) is 4.12. The second kappa shape index (κ2) is 5.42. The van der Waals surface area contributed by atoms with Crippen molar-refractivity contribution >= 4 is 43.9 Å². The molecule has 0 aliphatic heterocycles. The van der Waals surface area contributed by atoms with E-state index >= 15 is 0 Å². The van der Waals surface area contributed by atoms with Crippen LogP contribution >= 0.6 is 11.3 Å². The fourth-order valence-electron chi connectivity index (χ4n) is 2.97. The Morgan fingerprint density at radius 1 is 1.20 bits per heavy atom. The molecule has 0 radical (unpaired) electrons. The fraction of sp³-hybridized carbons (Fsp3) is 0.0556. The summed E-state index contributed by atoms with van der Waals surface area (Å²) in [6.45, 7) is 0. The lowest BCUT2D eigenvalue weighted by molar-refractivity contribution is 0.615. The maximum absolute atomic E-state index is 5.58. The van der Waals surface area contributed by atoms with Crippen LogP contribution in [0.1, 0.15) is 0 Å². The molecule has 0 spiro atoms. The highest BCUT2D eigenvalue weighted by Crippen LogP contribution is 2.39. The maximum Gasteiger partial charge on any atom is 0.176 e. The van der Waals surface area contributed by atoms with E-state index in [-0.39, 0.29) is 0 Å². The van der Waals surface area contributed by atoms with Crippen LogP contribution in [0.15, 0.2) is 59.2 Å². The smallest absolute Gasteiger partial charge is 0.176 e. The van der Waals surface area contributed by atoms with Gasteiger partial charge in [-0.05, 0) is 12.1 Å². The Bertz CT molecular complexity index is 1200. The van der Waals surface area contributed by atoms with Gasteiger partial charge >= 0.3 is 0 Å². The average Bonchev–Trinajstić information content (AvgIpc) is 3.35. The first-order valence-corrected chi connectivity index (χ1v) is 8.61. The lowest BCUT2D eigenvalue weighted by atomic mass is 10.1. The van der Waals surface area contributed by atoms with Gasteiger partial charge in [0.05, 0.1) is 22.8 Å². The summed E-state index contributed by atoms with van der Waals surface area (Å²) in [6, 6.07) is 3.86. The number of anilines is 2. The Morgan fingerprint density at radius 2 is 2.16 bits per heavy atom. The van der Waals surface area contributed by atoms with Gasteiger partial charge in [0.25, 0.3) is 0 Å². The van der Waals surface area contributed by atoms with Crippen LogP contribution in [0.4, 0.5) is 11.5 Å².